The van der Waals surface area contributed by atoms with Crippen LogP contribution in [0.25, 0.3) is 0 Å². The van der Waals surface area contributed by atoms with Crippen molar-refractivity contribution in [1.82, 2.24) is 0 Å². The Morgan fingerprint density at radius 3 is 1.96 bits per heavy atom. The van der Waals surface area contributed by atoms with Gasteiger partial charge in [0.15, 0.2) is 0 Å². The zero-order valence-electron chi connectivity index (χ0n) is 17.3. The lowest BCUT2D eigenvalue weighted by molar-refractivity contribution is -0.147. The number of ether oxygens (including phenoxy) is 1. The van der Waals surface area contributed by atoms with Crippen LogP contribution in [0.4, 0.5) is 0 Å². The normalized spacial score (nSPS) is 26.6. The third-order valence-electron chi connectivity index (χ3n) is 6.72. The van der Waals surface area contributed by atoms with E-state index in [-0.39, 0.29) is 22.5 Å². The van der Waals surface area contributed by atoms with E-state index < -0.39 is 8.32 Å². The van der Waals surface area contributed by atoms with Crippen LogP contribution in [0.3, 0.4) is 0 Å². The molecule has 2 aromatic carbocycles. The maximum atomic E-state index is 12.4. The van der Waals surface area contributed by atoms with Crippen LogP contribution < -0.4 is 10.4 Å². The Morgan fingerprint density at radius 2 is 1.50 bits per heavy atom. The van der Waals surface area contributed by atoms with Crippen LogP contribution in [-0.4, -0.2) is 27.5 Å². The van der Waals surface area contributed by atoms with Crippen molar-refractivity contribution in [2.75, 3.05) is 7.11 Å². The second kappa shape index (κ2) is 6.85. The van der Waals surface area contributed by atoms with Crippen LogP contribution in [0, 0.1) is 11.3 Å². The molecular formula is C24H30O3Si. The number of fused-ring (bicyclic) bond motifs is 1. The van der Waals surface area contributed by atoms with Gasteiger partial charge in [-0.1, -0.05) is 81.4 Å². The SMILES string of the molecule is COC(=O)[C@@]12C[C@H](O[Si](c3ccccc3)(c3ccccc3)C(C)(C)C)C[C@@H]1C2. The zero-order valence-corrected chi connectivity index (χ0v) is 18.3. The lowest BCUT2D eigenvalue weighted by Crippen LogP contribution is -2.67. The summed E-state index contributed by atoms with van der Waals surface area (Å²) in [6.45, 7) is 6.89. The minimum Gasteiger partial charge on any atom is -0.469 e. The number of hydrogen-bond donors (Lipinski definition) is 0. The number of esters is 1. The van der Waals surface area contributed by atoms with Gasteiger partial charge in [-0.25, -0.2) is 0 Å². The highest BCUT2D eigenvalue weighted by Crippen LogP contribution is 2.65. The molecule has 2 saturated carbocycles. The minimum atomic E-state index is -2.55. The molecule has 0 unspecified atom stereocenters. The maximum absolute atomic E-state index is 12.4. The lowest BCUT2D eigenvalue weighted by atomic mass is 10.0. The third-order valence-corrected chi connectivity index (χ3v) is 11.8. The highest BCUT2D eigenvalue weighted by Gasteiger charge is 2.67. The lowest BCUT2D eigenvalue weighted by Gasteiger charge is -2.45. The molecule has 3 atom stereocenters. The quantitative estimate of drug-likeness (QED) is 0.570. The Balaban J connectivity index is 1.76. The van der Waals surface area contributed by atoms with Crippen molar-refractivity contribution in [2.24, 2.45) is 11.3 Å². The molecule has 0 radical (unpaired) electrons. The van der Waals surface area contributed by atoms with Gasteiger partial charge in [0.25, 0.3) is 8.32 Å². The summed E-state index contributed by atoms with van der Waals surface area (Å²) < 4.78 is 12.3. The first-order chi connectivity index (χ1) is 13.3. The molecule has 28 heavy (non-hydrogen) atoms. The van der Waals surface area contributed by atoms with Gasteiger partial charge in [-0.15, -0.1) is 0 Å². The number of carbonyl (C=O) groups is 1. The van der Waals surface area contributed by atoms with E-state index in [0.717, 1.165) is 19.3 Å². The molecule has 0 saturated heterocycles. The maximum Gasteiger partial charge on any atom is 0.312 e. The molecule has 4 heteroatoms. The van der Waals surface area contributed by atoms with E-state index in [1.807, 2.05) is 0 Å². The van der Waals surface area contributed by atoms with E-state index in [4.69, 9.17) is 9.16 Å². The number of rotatable bonds is 5. The molecule has 148 valence electrons. The number of carbonyl (C=O) groups excluding carboxylic acids is 1. The molecule has 0 heterocycles. The summed E-state index contributed by atoms with van der Waals surface area (Å²) in [5.41, 5.74) is -0.287. The van der Waals surface area contributed by atoms with Gasteiger partial charge in [-0.2, -0.15) is 0 Å². The predicted molar refractivity (Wildman–Crippen MR) is 114 cm³/mol. The zero-order chi connectivity index (χ0) is 20.0. The fourth-order valence-electron chi connectivity index (χ4n) is 5.31. The van der Waals surface area contributed by atoms with Gasteiger partial charge in [-0.3, -0.25) is 4.79 Å². The predicted octanol–water partition coefficient (Wildman–Crippen LogP) is 3.90. The summed E-state index contributed by atoms with van der Waals surface area (Å²) >= 11 is 0. The van der Waals surface area contributed by atoms with Crippen molar-refractivity contribution in [3.63, 3.8) is 0 Å². The Hall–Kier alpha value is -1.91. The molecule has 0 amide bonds. The summed E-state index contributed by atoms with van der Waals surface area (Å²) in [4.78, 5) is 12.4. The van der Waals surface area contributed by atoms with Gasteiger partial charge >= 0.3 is 5.97 Å². The molecule has 2 aliphatic carbocycles. The van der Waals surface area contributed by atoms with Gasteiger partial charge in [0.1, 0.15) is 0 Å². The summed E-state index contributed by atoms with van der Waals surface area (Å²) in [7, 11) is -1.05. The summed E-state index contributed by atoms with van der Waals surface area (Å²) in [6, 6.07) is 21.4. The summed E-state index contributed by atoms with van der Waals surface area (Å²) in [5.74, 6) is 0.370. The highest BCUT2D eigenvalue weighted by atomic mass is 28.4. The smallest absolute Gasteiger partial charge is 0.312 e. The molecule has 3 nitrogen and oxygen atoms in total. The number of hydrogen-bond acceptors (Lipinski definition) is 3. The van der Waals surface area contributed by atoms with E-state index in [1.165, 1.54) is 17.5 Å². The van der Waals surface area contributed by atoms with E-state index in [2.05, 4.69) is 81.4 Å². The van der Waals surface area contributed by atoms with Crippen molar-refractivity contribution in [3.05, 3.63) is 60.7 Å². The van der Waals surface area contributed by atoms with Crippen LogP contribution in [-0.2, 0) is 14.0 Å². The summed E-state index contributed by atoms with van der Waals surface area (Å²) in [6.07, 6.45) is 2.80. The fraction of sp³-hybridized carbons (Fsp3) is 0.458. The number of methoxy groups -OCH3 is 1. The van der Waals surface area contributed by atoms with Gasteiger partial charge in [0, 0.05) is 6.10 Å². The number of benzene rings is 2. The molecule has 0 aromatic heterocycles. The minimum absolute atomic E-state index is 0.0408. The molecule has 0 N–H and O–H groups in total. The van der Waals surface area contributed by atoms with Crippen LogP contribution in [0.15, 0.2) is 60.7 Å². The van der Waals surface area contributed by atoms with E-state index in [9.17, 15) is 4.79 Å². The molecule has 0 aliphatic heterocycles. The van der Waals surface area contributed by atoms with Crippen molar-refractivity contribution in [2.45, 2.75) is 51.2 Å². The molecule has 2 aliphatic rings. The third kappa shape index (κ3) is 2.94. The molecular weight excluding hydrogens is 364 g/mol. The molecule has 2 fully saturated rings. The molecule has 0 spiro atoms. The second-order valence-electron chi connectivity index (χ2n) is 9.39. The van der Waals surface area contributed by atoms with Gasteiger partial charge in [-0.05, 0) is 40.6 Å². The van der Waals surface area contributed by atoms with Crippen LogP contribution in [0.5, 0.6) is 0 Å². The van der Waals surface area contributed by atoms with Crippen molar-refractivity contribution >= 4 is 24.7 Å². The molecule has 0 bridgehead atoms. The van der Waals surface area contributed by atoms with Crippen LogP contribution in [0.2, 0.25) is 5.04 Å². The van der Waals surface area contributed by atoms with Gasteiger partial charge in [0.2, 0.25) is 0 Å². The Bertz CT molecular complexity index is 804. The average Bonchev–Trinajstić information content (AvgIpc) is 3.27. The van der Waals surface area contributed by atoms with E-state index in [0.29, 0.717) is 5.92 Å². The van der Waals surface area contributed by atoms with Gasteiger partial charge in [0.05, 0.1) is 12.5 Å². The highest BCUT2D eigenvalue weighted by molar-refractivity contribution is 6.99. The van der Waals surface area contributed by atoms with Crippen LogP contribution in [0.1, 0.15) is 40.0 Å². The van der Waals surface area contributed by atoms with Crippen molar-refractivity contribution < 1.29 is 14.0 Å². The first-order valence-electron chi connectivity index (χ1n) is 10.2. The Labute approximate surface area is 169 Å². The summed E-state index contributed by atoms with van der Waals surface area (Å²) in [5, 5.41) is 2.55. The van der Waals surface area contributed by atoms with E-state index >= 15 is 0 Å². The second-order valence-corrected chi connectivity index (χ2v) is 13.6. The molecule has 4 rings (SSSR count). The van der Waals surface area contributed by atoms with E-state index in [1.54, 1.807) is 0 Å². The van der Waals surface area contributed by atoms with Crippen molar-refractivity contribution in [1.29, 1.82) is 0 Å². The average molecular weight is 395 g/mol. The van der Waals surface area contributed by atoms with Crippen molar-refractivity contribution in [3.8, 4) is 0 Å². The largest absolute Gasteiger partial charge is 0.469 e. The fourth-order valence-corrected chi connectivity index (χ4v) is 10.0. The first kappa shape index (κ1) is 19.4. The Kier molecular flexibility index (Phi) is 4.75. The van der Waals surface area contributed by atoms with Crippen LogP contribution >= 0.6 is 0 Å². The topological polar surface area (TPSA) is 35.5 Å². The monoisotopic (exact) mass is 394 g/mol. The van der Waals surface area contributed by atoms with Gasteiger partial charge < -0.3 is 9.16 Å². The first-order valence-corrected chi connectivity index (χ1v) is 12.1. The molecule has 2 aromatic rings. The Morgan fingerprint density at radius 1 is 0.964 bits per heavy atom. The standard InChI is InChI=1S/C24H30O3Si/c1-23(2,3)28(20-11-7-5-8-12-20,21-13-9-6-10-14-21)27-19-15-18-16-24(18,17-19)22(25)26-4/h5-14,18-19H,15-17H2,1-4H3/t18-,19-,24+/m1/s1.